The predicted octanol–water partition coefficient (Wildman–Crippen LogP) is -2.34. The molecule has 8 N–H and O–H groups in total. The monoisotopic (exact) mass is 147 g/mol. The number of amidine groups is 1. The highest BCUT2D eigenvalue weighted by Gasteiger charge is 2.22. The van der Waals surface area contributed by atoms with E-state index in [4.69, 9.17) is 23.4 Å². The zero-order valence-electron chi connectivity index (χ0n) is 6.16. The number of rotatable bonds is 3. The van der Waals surface area contributed by atoms with E-state index in [9.17, 15) is 4.79 Å². The van der Waals surface area contributed by atoms with Gasteiger partial charge in [0.05, 0.1) is 6.04 Å². The van der Waals surface area contributed by atoms with Crippen molar-refractivity contribution in [3.8, 4) is 0 Å². The number of carboxylic acids is 1. The van der Waals surface area contributed by atoms with Gasteiger partial charge in [-0.3, -0.25) is 10.2 Å². The zero-order chi connectivity index (χ0) is 9.02. The lowest BCUT2D eigenvalue weighted by atomic mass is 10.1. The molecule has 0 aliphatic heterocycles. The Kier molecular flexibility index (Phi) is 2.19. The molecule has 2 unspecified atom stereocenters. The third kappa shape index (κ3) is 2.00. The van der Waals surface area contributed by atoms with E-state index in [0.717, 1.165) is 0 Å². The van der Waals surface area contributed by atoms with Crippen LogP contribution in [0, 0.1) is 5.41 Å². The lowest BCUT2D eigenvalue weighted by Gasteiger charge is -2.12. The molecule has 6 heteroatoms. The molecular formula is C4H10N4O2. The van der Waals surface area contributed by atoms with Crippen molar-refractivity contribution in [2.45, 2.75) is 12.1 Å². The highest BCUT2D eigenvalue weighted by molar-refractivity contribution is 5.89. The van der Waals surface area contributed by atoms with Gasteiger partial charge in [-0.1, -0.05) is 0 Å². The summed E-state index contributed by atoms with van der Waals surface area (Å²) in [5.41, 5.74) is 11.9. The van der Waals surface area contributed by atoms with Crippen molar-refractivity contribution in [1.82, 2.24) is 0 Å². The summed E-state index contributed by atoms with van der Waals surface area (Å²) in [6, 6.07) is -2.51. The molecule has 0 radical (unpaired) electrons. The summed E-state index contributed by atoms with van der Waals surface area (Å²) in [5.74, 6) is -1.71. The van der Waals surface area contributed by atoms with Crippen LogP contribution in [0.15, 0.2) is 0 Å². The smallest absolute Gasteiger partial charge is 0.322 e. The Hall–Kier alpha value is -1.14. The van der Waals surface area contributed by atoms with E-state index in [1.54, 1.807) is 5.73 Å². The highest BCUT2D eigenvalue weighted by atomic mass is 16.4. The highest BCUT2D eigenvalue weighted by Crippen LogP contribution is 1.84. The second-order valence-electron chi connectivity index (χ2n) is 1.80. The maximum absolute atomic E-state index is 10.2. The summed E-state index contributed by atoms with van der Waals surface area (Å²) in [6.45, 7) is 0. The van der Waals surface area contributed by atoms with Crippen LogP contribution in [-0.2, 0) is 4.79 Å². The van der Waals surface area contributed by atoms with Crippen molar-refractivity contribution < 1.29 is 11.3 Å². The Morgan fingerprint density at radius 3 is 2.40 bits per heavy atom. The molecule has 0 aliphatic carbocycles. The number of hydrogen-bond donors (Lipinski definition) is 5. The lowest BCUT2D eigenvalue weighted by molar-refractivity contribution is -0.138. The first kappa shape index (κ1) is 6.97. The fourth-order valence-electron chi connectivity index (χ4n) is 0.333. The largest absolute Gasteiger partial charge is 0.480 e. The van der Waals surface area contributed by atoms with Gasteiger partial charge in [-0.15, -0.1) is 0 Å². The minimum atomic E-state index is -1.35. The van der Waals surface area contributed by atoms with Crippen LogP contribution in [0.5, 0.6) is 0 Å². The van der Waals surface area contributed by atoms with Crippen molar-refractivity contribution in [2.24, 2.45) is 17.2 Å². The first-order valence-corrected chi connectivity index (χ1v) is 2.51. The van der Waals surface area contributed by atoms with Crippen LogP contribution in [0.2, 0.25) is 1.41 Å². The molecule has 0 heterocycles. The van der Waals surface area contributed by atoms with E-state index in [-0.39, 0.29) is 0 Å². The third-order valence-electron chi connectivity index (χ3n) is 1.01. The number of nitrogens with one attached hydrogen (secondary N) is 1. The molecule has 0 aromatic carbocycles. The number of carboxylic acid groups (broad SMARTS) is 1. The fraction of sp³-hybridized carbons (Fsp3) is 0.500. The van der Waals surface area contributed by atoms with E-state index in [1.807, 2.05) is 0 Å². The maximum Gasteiger partial charge on any atom is 0.322 e. The van der Waals surface area contributed by atoms with Crippen LogP contribution < -0.4 is 17.2 Å². The summed E-state index contributed by atoms with van der Waals surface area (Å²) in [5, 5.41) is 15.2. The second-order valence-corrected chi connectivity index (χ2v) is 1.80. The number of aliphatic carboxylic acids is 1. The Bertz CT molecular complexity index is 173. The van der Waals surface area contributed by atoms with Crippen molar-refractivity contribution in [2.75, 3.05) is 0 Å². The Morgan fingerprint density at radius 2 is 2.10 bits per heavy atom. The Morgan fingerprint density at radius 1 is 1.60 bits per heavy atom. The summed E-state index contributed by atoms with van der Waals surface area (Å²) in [7, 11) is 0. The number of carbonyl (C=O) groups is 1. The lowest BCUT2D eigenvalue weighted by Crippen LogP contribution is -2.53. The van der Waals surface area contributed by atoms with E-state index >= 15 is 0 Å². The molecule has 0 aromatic rings. The first-order valence-electron chi connectivity index (χ1n) is 3.01. The van der Waals surface area contributed by atoms with Crippen LogP contribution in [0.1, 0.15) is 0 Å². The SMILES string of the molecule is [2H]NC(=N)C(N)C(N)C(=O)O. The van der Waals surface area contributed by atoms with Gasteiger partial charge in [0, 0.05) is 0 Å². The van der Waals surface area contributed by atoms with E-state index < -0.39 is 23.9 Å². The average Bonchev–Trinajstić information content (AvgIpc) is 2.00. The molecule has 0 amide bonds. The molecular weight excluding hydrogens is 136 g/mol. The normalized spacial score (nSPS) is 16.8. The molecule has 2 atom stereocenters. The summed E-state index contributed by atoms with van der Waals surface area (Å²) in [6.07, 6.45) is 0. The first-order chi connectivity index (χ1) is 5.00. The van der Waals surface area contributed by atoms with Gasteiger partial charge < -0.3 is 22.3 Å². The van der Waals surface area contributed by atoms with Gasteiger partial charge >= 0.3 is 5.97 Å². The predicted molar refractivity (Wildman–Crippen MR) is 35.5 cm³/mol. The molecule has 0 rings (SSSR count). The summed E-state index contributed by atoms with van der Waals surface area (Å²) >= 11 is 0. The average molecular weight is 147 g/mol. The van der Waals surface area contributed by atoms with Gasteiger partial charge in [0.15, 0.2) is 1.41 Å². The minimum Gasteiger partial charge on any atom is -0.480 e. The quantitative estimate of drug-likeness (QED) is 0.225. The van der Waals surface area contributed by atoms with Crippen LogP contribution >= 0.6 is 0 Å². The molecule has 0 aliphatic rings. The number of nitrogens with two attached hydrogens (primary N) is 3. The third-order valence-corrected chi connectivity index (χ3v) is 1.01. The van der Waals surface area contributed by atoms with Crippen LogP contribution in [0.25, 0.3) is 0 Å². The molecule has 0 saturated carbocycles. The fourth-order valence-corrected chi connectivity index (χ4v) is 0.333. The van der Waals surface area contributed by atoms with Gasteiger partial charge in [-0.25, -0.2) is 0 Å². The van der Waals surface area contributed by atoms with Crippen molar-refractivity contribution in [1.29, 1.82) is 5.41 Å². The van der Waals surface area contributed by atoms with E-state index in [2.05, 4.69) is 0 Å². The topological polar surface area (TPSA) is 139 Å². The molecule has 6 nitrogen and oxygen atoms in total. The molecule has 58 valence electrons. The van der Waals surface area contributed by atoms with E-state index in [1.165, 1.54) is 0 Å². The van der Waals surface area contributed by atoms with Gasteiger partial charge in [0.1, 0.15) is 11.9 Å². The molecule has 0 saturated heterocycles. The summed E-state index contributed by atoms with van der Waals surface area (Å²) in [4.78, 5) is 10.2. The van der Waals surface area contributed by atoms with Crippen LogP contribution in [0.3, 0.4) is 0 Å². The summed E-state index contributed by atoms with van der Waals surface area (Å²) < 4.78 is 6.47. The van der Waals surface area contributed by atoms with Crippen molar-refractivity contribution in [3.63, 3.8) is 0 Å². The van der Waals surface area contributed by atoms with Gasteiger partial charge in [0.25, 0.3) is 0 Å². The molecule has 0 bridgehead atoms. The standard InChI is InChI=1S/C4H10N4O2/c5-1(3(7)8)2(6)4(9)10/h1-2H,5-6H2,(H3,7,8)(H,9,10)/i/hD. The van der Waals surface area contributed by atoms with Crippen molar-refractivity contribution >= 4 is 11.8 Å². The zero-order valence-corrected chi connectivity index (χ0v) is 5.16. The second kappa shape index (κ2) is 3.14. The Labute approximate surface area is 59.0 Å². The molecule has 0 aromatic heterocycles. The number of hydrogen-bond acceptors (Lipinski definition) is 4. The van der Waals surface area contributed by atoms with Crippen molar-refractivity contribution in [3.05, 3.63) is 0 Å². The van der Waals surface area contributed by atoms with E-state index in [0.29, 0.717) is 0 Å². The molecule has 10 heavy (non-hydrogen) atoms. The molecule has 0 spiro atoms. The Balaban J connectivity index is 4.12. The molecule has 0 fully saturated rings. The van der Waals surface area contributed by atoms with Crippen LogP contribution in [0.4, 0.5) is 0 Å². The minimum absolute atomic E-state index is 0.417. The van der Waals surface area contributed by atoms with Gasteiger partial charge in [0.2, 0.25) is 0 Å². The van der Waals surface area contributed by atoms with Gasteiger partial charge in [-0.05, 0) is 0 Å². The maximum atomic E-state index is 10.2. The van der Waals surface area contributed by atoms with Gasteiger partial charge in [-0.2, -0.15) is 0 Å². The van der Waals surface area contributed by atoms with Crippen LogP contribution in [-0.4, -0.2) is 29.0 Å².